The Hall–Kier alpha value is -1.06. The summed E-state index contributed by atoms with van der Waals surface area (Å²) >= 11 is 0. The zero-order chi connectivity index (χ0) is 19.1. The fourth-order valence-corrected chi connectivity index (χ4v) is 4.84. The van der Waals surface area contributed by atoms with Crippen molar-refractivity contribution in [3.8, 4) is 5.75 Å². The van der Waals surface area contributed by atoms with Crippen LogP contribution in [0.2, 0.25) is 0 Å². The van der Waals surface area contributed by atoms with Crippen molar-refractivity contribution in [2.24, 2.45) is 11.8 Å². The number of benzene rings is 1. The summed E-state index contributed by atoms with van der Waals surface area (Å²) in [5.74, 6) is 3.17. The molecule has 2 fully saturated rings. The van der Waals surface area contributed by atoms with Gasteiger partial charge in [-0.1, -0.05) is 51.7 Å². The van der Waals surface area contributed by atoms with Crippen LogP contribution in [0.3, 0.4) is 0 Å². The molecule has 5 unspecified atom stereocenters. The summed E-state index contributed by atoms with van der Waals surface area (Å²) in [5, 5.41) is 0. The van der Waals surface area contributed by atoms with Gasteiger partial charge >= 0.3 is 0 Å². The average molecular weight is 375 g/mol. The molecule has 3 heteroatoms. The van der Waals surface area contributed by atoms with Gasteiger partial charge in [-0.3, -0.25) is 0 Å². The van der Waals surface area contributed by atoms with E-state index in [0.29, 0.717) is 25.2 Å². The first-order valence-electron chi connectivity index (χ1n) is 11.2. The van der Waals surface area contributed by atoms with E-state index in [1.165, 1.54) is 50.5 Å². The molecule has 3 nitrogen and oxygen atoms in total. The van der Waals surface area contributed by atoms with E-state index in [-0.39, 0.29) is 6.29 Å². The van der Waals surface area contributed by atoms with Crippen LogP contribution < -0.4 is 4.74 Å². The summed E-state index contributed by atoms with van der Waals surface area (Å²) in [5.41, 5.74) is 1.36. The quantitative estimate of drug-likeness (QED) is 0.374. The fourth-order valence-electron chi connectivity index (χ4n) is 4.84. The predicted octanol–water partition coefficient (Wildman–Crippen LogP) is 6.32. The van der Waals surface area contributed by atoms with Crippen molar-refractivity contribution in [1.82, 2.24) is 0 Å². The highest BCUT2D eigenvalue weighted by Crippen LogP contribution is 2.41. The van der Waals surface area contributed by atoms with Gasteiger partial charge < -0.3 is 14.2 Å². The van der Waals surface area contributed by atoms with Gasteiger partial charge in [0.2, 0.25) is 0 Å². The smallest absolute Gasteiger partial charge is 0.197 e. The fraction of sp³-hybridized carbons (Fsp3) is 0.750. The lowest BCUT2D eigenvalue weighted by Crippen LogP contribution is -2.37. The second-order valence-electron chi connectivity index (χ2n) is 8.48. The minimum absolute atomic E-state index is 0.253. The first kappa shape index (κ1) is 20.7. The summed E-state index contributed by atoms with van der Waals surface area (Å²) in [4.78, 5) is 0. The van der Waals surface area contributed by atoms with Crippen LogP contribution >= 0.6 is 0 Å². The zero-order valence-electron chi connectivity index (χ0n) is 17.5. The molecule has 0 heterocycles. The highest BCUT2D eigenvalue weighted by molar-refractivity contribution is 5.29. The zero-order valence-corrected chi connectivity index (χ0v) is 17.5. The highest BCUT2D eigenvalue weighted by Gasteiger charge is 2.35. The molecule has 0 aliphatic heterocycles. The molecule has 3 rings (SSSR count). The first-order chi connectivity index (χ1) is 13.2. The number of ether oxygens (including phenoxy) is 3. The van der Waals surface area contributed by atoms with E-state index in [9.17, 15) is 0 Å². The minimum atomic E-state index is -0.253. The maximum atomic E-state index is 6.23. The molecular weight excluding hydrogens is 336 g/mol. The van der Waals surface area contributed by atoms with E-state index in [2.05, 4.69) is 26.0 Å². The van der Waals surface area contributed by atoms with Crippen LogP contribution in [-0.2, 0) is 9.47 Å². The lowest BCUT2D eigenvalue weighted by atomic mass is 9.69. The van der Waals surface area contributed by atoms with Crippen molar-refractivity contribution in [3.63, 3.8) is 0 Å². The van der Waals surface area contributed by atoms with Crippen molar-refractivity contribution in [1.29, 1.82) is 0 Å². The monoisotopic (exact) mass is 374 g/mol. The summed E-state index contributed by atoms with van der Waals surface area (Å²) in [6.45, 7) is 7.70. The Bertz CT molecular complexity index is 539. The number of rotatable bonds is 9. The SMILES string of the molecule is CCC(C)c1ccc(OC(C)OCCOC2CCCC3CCCCC32)cc1. The molecule has 5 atom stereocenters. The van der Waals surface area contributed by atoms with Gasteiger partial charge in [0.15, 0.2) is 6.29 Å². The van der Waals surface area contributed by atoms with Crippen LogP contribution in [0.4, 0.5) is 0 Å². The standard InChI is InChI=1S/C24H38O3/c1-4-18(2)20-12-14-22(15-13-20)27-19(3)25-16-17-26-24-11-7-9-21-8-5-6-10-23(21)24/h12-15,18-19,21,23-24H,4-11,16-17H2,1-3H3. The predicted molar refractivity (Wildman–Crippen MR) is 110 cm³/mol. The highest BCUT2D eigenvalue weighted by atomic mass is 16.7. The van der Waals surface area contributed by atoms with Gasteiger partial charge in [-0.25, -0.2) is 0 Å². The van der Waals surface area contributed by atoms with Gasteiger partial charge in [-0.15, -0.1) is 0 Å². The molecule has 0 saturated heterocycles. The molecule has 0 aromatic heterocycles. The average Bonchev–Trinajstić information content (AvgIpc) is 2.71. The van der Waals surface area contributed by atoms with E-state index in [0.717, 1.165) is 24.0 Å². The Labute approximate surface area is 165 Å². The third kappa shape index (κ3) is 5.96. The summed E-state index contributed by atoms with van der Waals surface area (Å²) in [7, 11) is 0. The van der Waals surface area contributed by atoms with Gasteiger partial charge in [0, 0.05) is 0 Å². The third-order valence-corrected chi connectivity index (χ3v) is 6.64. The minimum Gasteiger partial charge on any atom is -0.465 e. The maximum absolute atomic E-state index is 6.23. The van der Waals surface area contributed by atoms with Crippen molar-refractivity contribution in [2.45, 2.75) is 90.4 Å². The molecule has 0 N–H and O–H groups in total. The normalized spacial score (nSPS) is 27.6. The van der Waals surface area contributed by atoms with Crippen LogP contribution in [0, 0.1) is 11.8 Å². The summed E-state index contributed by atoms with van der Waals surface area (Å²) in [6, 6.07) is 8.40. The Morgan fingerprint density at radius 3 is 2.44 bits per heavy atom. The molecule has 2 aliphatic rings. The third-order valence-electron chi connectivity index (χ3n) is 6.64. The van der Waals surface area contributed by atoms with E-state index in [1.807, 2.05) is 19.1 Å². The Morgan fingerprint density at radius 1 is 0.926 bits per heavy atom. The Balaban J connectivity index is 1.35. The number of hydrogen-bond acceptors (Lipinski definition) is 3. The van der Waals surface area contributed by atoms with E-state index in [1.54, 1.807) is 0 Å². The van der Waals surface area contributed by atoms with Crippen LogP contribution in [0.1, 0.15) is 83.6 Å². The van der Waals surface area contributed by atoms with Crippen molar-refractivity contribution >= 4 is 0 Å². The van der Waals surface area contributed by atoms with Gasteiger partial charge in [-0.2, -0.15) is 0 Å². The molecule has 27 heavy (non-hydrogen) atoms. The molecule has 1 aromatic rings. The molecule has 0 radical (unpaired) electrons. The van der Waals surface area contributed by atoms with Crippen LogP contribution in [0.25, 0.3) is 0 Å². The van der Waals surface area contributed by atoms with Crippen LogP contribution in [-0.4, -0.2) is 25.6 Å². The topological polar surface area (TPSA) is 27.7 Å². The molecular formula is C24H38O3. The van der Waals surface area contributed by atoms with Gasteiger partial charge in [0.05, 0.1) is 19.3 Å². The summed E-state index contributed by atoms with van der Waals surface area (Å²) in [6.07, 6.45) is 10.9. The summed E-state index contributed by atoms with van der Waals surface area (Å²) < 4.78 is 17.9. The second-order valence-corrected chi connectivity index (χ2v) is 8.48. The Morgan fingerprint density at radius 2 is 1.67 bits per heavy atom. The molecule has 1 aromatic carbocycles. The van der Waals surface area contributed by atoms with Gasteiger partial charge in [0.25, 0.3) is 0 Å². The van der Waals surface area contributed by atoms with Gasteiger partial charge in [0.1, 0.15) is 5.75 Å². The van der Waals surface area contributed by atoms with E-state index in [4.69, 9.17) is 14.2 Å². The van der Waals surface area contributed by atoms with Crippen LogP contribution in [0.15, 0.2) is 24.3 Å². The number of fused-ring (bicyclic) bond motifs is 1. The first-order valence-corrected chi connectivity index (χ1v) is 11.2. The van der Waals surface area contributed by atoms with Crippen LogP contribution in [0.5, 0.6) is 5.75 Å². The molecule has 0 spiro atoms. The van der Waals surface area contributed by atoms with Crippen molar-refractivity contribution in [2.75, 3.05) is 13.2 Å². The largest absolute Gasteiger partial charge is 0.465 e. The Kier molecular flexibility index (Phi) is 8.02. The lowest BCUT2D eigenvalue weighted by Gasteiger charge is -2.41. The lowest BCUT2D eigenvalue weighted by molar-refractivity contribution is -0.108. The molecule has 152 valence electrons. The van der Waals surface area contributed by atoms with Crippen molar-refractivity contribution < 1.29 is 14.2 Å². The molecule has 0 amide bonds. The molecule has 2 aliphatic carbocycles. The van der Waals surface area contributed by atoms with E-state index >= 15 is 0 Å². The van der Waals surface area contributed by atoms with Crippen molar-refractivity contribution in [3.05, 3.63) is 29.8 Å². The molecule has 0 bridgehead atoms. The van der Waals surface area contributed by atoms with Gasteiger partial charge in [-0.05, 0) is 68.1 Å². The van der Waals surface area contributed by atoms with E-state index < -0.39 is 0 Å². The maximum Gasteiger partial charge on any atom is 0.197 e. The number of hydrogen-bond donors (Lipinski definition) is 0. The molecule has 2 saturated carbocycles. The second kappa shape index (κ2) is 10.5.